The normalized spacial score (nSPS) is 32.5. The molecule has 0 aromatic heterocycles. The lowest BCUT2D eigenvalue weighted by atomic mass is 9.46. The van der Waals surface area contributed by atoms with E-state index in [0.717, 1.165) is 31.7 Å². The van der Waals surface area contributed by atoms with Gasteiger partial charge >= 0.3 is 11.9 Å². The summed E-state index contributed by atoms with van der Waals surface area (Å²) < 4.78 is 5.17. The molecule has 4 aliphatic rings. The summed E-state index contributed by atoms with van der Waals surface area (Å²) in [7, 11) is 0. The van der Waals surface area contributed by atoms with Crippen LogP contribution < -0.4 is 5.32 Å². The highest BCUT2D eigenvalue weighted by Crippen LogP contribution is 2.67. The van der Waals surface area contributed by atoms with Crippen LogP contribution in [0.3, 0.4) is 0 Å². The van der Waals surface area contributed by atoms with Crippen molar-refractivity contribution in [3.8, 4) is 0 Å². The molecule has 4 aliphatic carbocycles. The molecule has 13 nitrogen and oxygen atoms in total. The number of rotatable bonds is 11. The number of esters is 1. The Labute approximate surface area is 271 Å². The van der Waals surface area contributed by atoms with Gasteiger partial charge in [0.15, 0.2) is 18.4 Å². The molecule has 254 valence electrons. The number of aliphatic hydroxyl groups excluding tert-OH is 1. The van der Waals surface area contributed by atoms with Crippen LogP contribution in [0.15, 0.2) is 35.9 Å². The number of hydrogen-bond donors (Lipinski definition) is 4. The molecular weight excluding hydrogens is 612 g/mol. The predicted molar refractivity (Wildman–Crippen MR) is 164 cm³/mol. The van der Waals surface area contributed by atoms with Gasteiger partial charge in [-0.2, -0.15) is 0 Å². The second-order valence-electron chi connectivity index (χ2n) is 14.1. The first kappa shape index (κ1) is 34.4. The molecule has 0 heterocycles. The Morgan fingerprint density at radius 3 is 2.49 bits per heavy atom. The Hall–Kier alpha value is -3.97. The van der Waals surface area contributed by atoms with Gasteiger partial charge in [0.2, 0.25) is 11.7 Å². The molecule has 0 aliphatic heterocycles. The van der Waals surface area contributed by atoms with Crippen molar-refractivity contribution in [2.75, 3.05) is 6.61 Å². The highest BCUT2D eigenvalue weighted by Gasteiger charge is 2.66. The number of aliphatic carboxylic acids is 1. The molecule has 0 bridgehead atoms. The van der Waals surface area contributed by atoms with Crippen LogP contribution in [0.5, 0.6) is 0 Å². The smallest absolute Gasteiger partial charge is 0.329 e. The van der Waals surface area contributed by atoms with Gasteiger partial charge in [0.25, 0.3) is 5.69 Å². The van der Waals surface area contributed by atoms with E-state index in [0.29, 0.717) is 31.1 Å². The monoisotopic (exact) mass is 654 g/mol. The van der Waals surface area contributed by atoms with Crippen LogP contribution in [-0.4, -0.2) is 67.9 Å². The average Bonchev–Trinajstić information content (AvgIpc) is 3.32. The van der Waals surface area contributed by atoms with Gasteiger partial charge in [-0.05, 0) is 79.8 Å². The maximum atomic E-state index is 13.5. The molecule has 0 spiro atoms. The van der Waals surface area contributed by atoms with E-state index in [-0.39, 0.29) is 34.8 Å². The van der Waals surface area contributed by atoms with Gasteiger partial charge in [-0.15, -0.1) is 0 Å². The summed E-state index contributed by atoms with van der Waals surface area (Å²) in [6, 6.07) is 2.86. The number of aliphatic hydroxyl groups is 2. The summed E-state index contributed by atoms with van der Waals surface area (Å²) in [4.78, 5) is 72.6. The minimum Gasteiger partial charge on any atom is -0.480 e. The quantitative estimate of drug-likeness (QED) is 0.154. The average molecular weight is 655 g/mol. The maximum absolute atomic E-state index is 13.5. The predicted octanol–water partition coefficient (Wildman–Crippen LogP) is 3.35. The summed E-state index contributed by atoms with van der Waals surface area (Å²) in [5, 5.41) is 45.0. The second-order valence-corrected chi connectivity index (χ2v) is 14.1. The number of Topliss-reactive ketones (excluding diaryl/α,β-unsaturated/α-hetero) is 1. The van der Waals surface area contributed by atoms with Crippen LogP contribution in [0.25, 0.3) is 0 Å². The maximum Gasteiger partial charge on any atom is 0.329 e. The number of nitro benzene ring substituents is 1. The fourth-order valence-electron chi connectivity index (χ4n) is 9.12. The van der Waals surface area contributed by atoms with E-state index in [1.807, 2.05) is 13.0 Å². The minimum absolute atomic E-state index is 0.0461. The Bertz CT molecular complexity index is 1520. The number of allylic oxidation sites excluding steroid dienone is 1. The standard InChI is InChI=1S/C34H42N2O11/c1-32-13-10-22(37)17-20(32)6-7-23-24(32)11-14-33(2)25(23)12-15-34(33,44)26(38)18-47-28(40)9-8-27(39)35-29(31(42)43)30(41)19-4-3-5-21(16-19)36(45)46/h3-5,16-17,23-25,29-30,41,44H,6-15,18H2,1-2H3,(H,35,39)(H,42,43)/t23-,24+,25+,29-,30+,32+,33+,34+/m1/s1. The third-order valence-electron chi connectivity index (χ3n) is 11.8. The number of benzene rings is 1. The number of nitro groups is 1. The lowest BCUT2D eigenvalue weighted by Crippen LogP contribution is -2.58. The number of carbonyl (C=O) groups excluding carboxylic acids is 4. The first-order chi connectivity index (χ1) is 22.1. The van der Waals surface area contributed by atoms with Crippen molar-refractivity contribution in [3.63, 3.8) is 0 Å². The Morgan fingerprint density at radius 1 is 1.06 bits per heavy atom. The molecule has 0 unspecified atom stereocenters. The van der Waals surface area contributed by atoms with Crippen molar-refractivity contribution in [2.24, 2.45) is 28.6 Å². The SMILES string of the molecule is C[C@]12CCC(=O)C=C1CC[C@@H]1[C@@H]2CC[C@@]2(C)[C@H]1CC[C@]2(O)C(=O)COC(=O)CCC(=O)N[C@@H](C(=O)O)[C@@H](O)c1cccc([N+](=O)[O-])c1. The zero-order chi connectivity index (χ0) is 34.3. The third-order valence-corrected chi connectivity index (χ3v) is 11.8. The van der Waals surface area contributed by atoms with Crippen molar-refractivity contribution in [2.45, 2.75) is 95.8 Å². The zero-order valence-corrected chi connectivity index (χ0v) is 26.6. The number of carbonyl (C=O) groups is 5. The fraction of sp³-hybridized carbons (Fsp3) is 0.618. The topological polar surface area (TPSA) is 210 Å². The number of nitrogens with zero attached hydrogens (tertiary/aromatic N) is 1. The minimum atomic E-state index is -1.85. The molecule has 0 saturated heterocycles. The van der Waals surface area contributed by atoms with Crippen molar-refractivity contribution in [1.29, 1.82) is 0 Å². The molecule has 1 amide bonds. The first-order valence-electron chi connectivity index (χ1n) is 16.2. The molecule has 5 rings (SSSR count). The Balaban J connectivity index is 1.14. The molecule has 47 heavy (non-hydrogen) atoms. The number of fused-ring (bicyclic) bond motifs is 5. The van der Waals surface area contributed by atoms with Crippen molar-refractivity contribution >= 4 is 35.1 Å². The summed E-state index contributed by atoms with van der Waals surface area (Å²) in [6.07, 6.45) is 4.56. The van der Waals surface area contributed by atoms with Gasteiger partial charge in [-0.25, -0.2) is 4.79 Å². The lowest BCUT2D eigenvalue weighted by molar-refractivity contribution is -0.385. The van der Waals surface area contributed by atoms with E-state index in [9.17, 15) is 49.4 Å². The molecule has 1 aromatic rings. The summed E-state index contributed by atoms with van der Waals surface area (Å²) >= 11 is 0. The van der Waals surface area contributed by atoms with E-state index >= 15 is 0 Å². The summed E-state index contributed by atoms with van der Waals surface area (Å²) in [6.45, 7) is 3.56. The zero-order valence-electron chi connectivity index (χ0n) is 26.6. The highest BCUT2D eigenvalue weighted by molar-refractivity contribution is 5.92. The molecule has 1 aromatic carbocycles. The summed E-state index contributed by atoms with van der Waals surface area (Å²) in [5.74, 6) is -2.97. The first-order valence-corrected chi connectivity index (χ1v) is 16.2. The Kier molecular flexibility index (Phi) is 9.44. The van der Waals surface area contributed by atoms with Crippen LogP contribution in [0, 0.1) is 38.7 Å². The van der Waals surface area contributed by atoms with Crippen LogP contribution in [0.2, 0.25) is 0 Å². The van der Waals surface area contributed by atoms with Crippen molar-refractivity contribution < 1.29 is 49.0 Å². The molecule has 3 saturated carbocycles. The van der Waals surface area contributed by atoms with Gasteiger partial charge in [0.05, 0.1) is 11.3 Å². The van der Waals surface area contributed by atoms with E-state index < -0.39 is 71.2 Å². The van der Waals surface area contributed by atoms with Gasteiger partial charge in [0, 0.05) is 30.4 Å². The van der Waals surface area contributed by atoms with E-state index in [1.54, 1.807) is 0 Å². The number of ether oxygens (including phenoxy) is 1. The second kappa shape index (κ2) is 12.9. The van der Waals surface area contributed by atoms with Crippen LogP contribution >= 0.6 is 0 Å². The lowest BCUT2D eigenvalue weighted by Gasteiger charge is -2.58. The van der Waals surface area contributed by atoms with Crippen LogP contribution in [-0.2, 0) is 28.7 Å². The third kappa shape index (κ3) is 6.22. The highest BCUT2D eigenvalue weighted by atomic mass is 16.6. The van der Waals surface area contributed by atoms with Gasteiger partial charge in [-0.1, -0.05) is 31.6 Å². The number of nitrogens with one attached hydrogen (secondary N) is 1. The molecule has 4 N–H and O–H groups in total. The van der Waals surface area contributed by atoms with Gasteiger partial charge in [-0.3, -0.25) is 29.3 Å². The van der Waals surface area contributed by atoms with Crippen LogP contribution in [0.1, 0.15) is 89.7 Å². The van der Waals surface area contributed by atoms with E-state index in [1.165, 1.54) is 23.8 Å². The number of hydrogen-bond acceptors (Lipinski definition) is 10. The number of carboxylic acid groups (broad SMARTS) is 1. The molecule has 3 fully saturated rings. The molecule has 13 heteroatoms. The van der Waals surface area contributed by atoms with E-state index in [2.05, 4.69) is 12.2 Å². The fourth-order valence-corrected chi connectivity index (χ4v) is 9.12. The summed E-state index contributed by atoms with van der Waals surface area (Å²) in [5.41, 5.74) is -1.63. The van der Waals surface area contributed by atoms with E-state index in [4.69, 9.17) is 4.74 Å². The largest absolute Gasteiger partial charge is 0.480 e. The van der Waals surface area contributed by atoms with Gasteiger partial charge in [0.1, 0.15) is 11.7 Å². The number of amides is 1. The number of non-ortho nitro benzene ring substituents is 1. The Morgan fingerprint density at radius 2 is 1.79 bits per heavy atom. The van der Waals surface area contributed by atoms with Crippen molar-refractivity contribution in [3.05, 3.63) is 51.6 Å². The van der Waals surface area contributed by atoms with Crippen molar-refractivity contribution in [1.82, 2.24) is 5.32 Å². The molecule has 8 atom stereocenters. The molecule has 0 radical (unpaired) electrons. The number of carboxylic acids is 1. The molecular formula is C34H42N2O11. The van der Waals surface area contributed by atoms with Crippen LogP contribution in [0.4, 0.5) is 5.69 Å². The van der Waals surface area contributed by atoms with Gasteiger partial charge < -0.3 is 25.4 Å². The number of ketones is 2.